The summed E-state index contributed by atoms with van der Waals surface area (Å²) in [5.41, 5.74) is 1.82. The van der Waals surface area contributed by atoms with Crippen molar-refractivity contribution in [3.63, 3.8) is 0 Å². The monoisotopic (exact) mass is 314 g/mol. The van der Waals surface area contributed by atoms with E-state index in [4.69, 9.17) is 0 Å². The zero-order chi connectivity index (χ0) is 14.6. The lowest BCUT2D eigenvalue weighted by atomic mass is 10.3. The molecule has 20 heavy (non-hydrogen) atoms. The van der Waals surface area contributed by atoms with Crippen LogP contribution >= 0.6 is 11.3 Å². The molecule has 2 rings (SSSR count). The number of aromatic nitrogens is 2. The first-order valence-electron chi connectivity index (χ1n) is 6.26. The molecule has 0 aliphatic heterocycles. The van der Waals surface area contributed by atoms with Crippen LogP contribution in [0.4, 0.5) is 0 Å². The highest BCUT2D eigenvalue weighted by molar-refractivity contribution is 7.91. The predicted octanol–water partition coefficient (Wildman–Crippen LogP) is 1.07. The molecule has 0 saturated heterocycles. The Kier molecular flexibility index (Phi) is 4.92. The summed E-state index contributed by atoms with van der Waals surface area (Å²) in [5, 5.41) is 9.04. The summed E-state index contributed by atoms with van der Waals surface area (Å²) < 4.78 is 28.9. The molecule has 8 heteroatoms. The van der Waals surface area contributed by atoms with Crippen LogP contribution in [0.25, 0.3) is 0 Å². The molecule has 2 aromatic rings. The minimum atomic E-state index is -3.45. The van der Waals surface area contributed by atoms with Crippen LogP contribution in [0, 0.1) is 0 Å². The molecule has 0 aliphatic carbocycles. The van der Waals surface area contributed by atoms with Gasteiger partial charge in [-0.15, -0.1) is 11.3 Å². The zero-order valence-electron chi connectivity index (χ0n) is 11.5. The Morgan fingerprint density at radius 3 is 2.80 bits per heavy atom. The van der Waals surface area contributed by atoms with Crippen molar-refractivity contribution in [3.05, 3.63) is 35.0 Å². The highest BCUT2D eigenvalue weighted by Gasteiger charge is 2.16. The van der Waals surface area contributed by atoms with Crippen molar-refractivity contribution in [1.82, 2.24) is 19.8 Å². The summed E-state index contributed by atoms with van der Waals surface area (Å²) in [6.07, 6.45) is 3.43. The Bertz CT molecular complexity index is 661. The molecule has 6 nitrogen and oxygen atoms in total. The zero-order valence-corrected chi connectivity index (χ0v) is 13.1. The fourth-order valence-corrected chi connectivity index (χ4v) is 3.94. The topological polar surface area (TPSA) is 76.0 Å². The molecule has 110 valence electrons. The van der Waals surface area contributed by atoms with Gasteiger partial charge >= 0.3 is 0 Å². The second-order valence-electron chi connectivity index (χ2n) is 4.40. The van der Waals surface area contributed by atoms with Crippen molar-refractivity contribution in [2.24, 2.45) is 7.05 Å². The summed E-state index contributed by atoms with van der Waals surface area (Å²) in [7, 11) is -1.65. The average molecular weight is 314 g/mol. The van der Waals surface area contributed by atoms with Crippen molar-refractivity contribution in [1.29, 1.82) is 0 Å². The van der Waals surface area contributed by atoms with Gasteiger partial charge in [0.05, 0.1) is 6.20 Å². The van der Waals surface area contributed by atoms with Crippen LogP contribution in [-0.2, 0) is 30.2 Å². The first kappa shape index (κ1) is 15.2. The summed E-state index contributed by atoms with van der Waals surface area (Å²) in [6.45, 7) is 3.80. The first-order chi connectivity index (χ1) is 9.51. The number of thiophene rings is 1. The standard InChI is InChI=1S/C12H18N4O2S2/c1-3-13-5-10-4-12(19-9-10)20(17,18)15-7-11-6-14-16(2)8-11/h4,6,8-9,13,15H,3,5,7H2,1-2H3. The van der Waals surface area contributed by atoms with Crippen molar-refractivity contribution < 1.29 is 8.42 Å². The molecule has 2 heterocycles. The number of hydrogen-bond acceptors (Lipinski definition) is 5. The van der Waals surface area contributed by atoms with E-state index in [0.29, 0.717) is 10.8 Å². The molecule has 0 aromatic carbocycles. The molecular weight excluding hydrogens is 296 g/mol. The van der Waals surface area contributed by atoms with Gasteiger partial charge in [0.1, 0.15) is 4.21 Å². The molecular formula is C12H18N4O2S2. The Morgan fingerprint density at radius 2 is 2.15 bits per heavy atom. The lowest BCUT2D eigenvalue weighted by molar-refractivity contribution is 0.583. The maximum absolute atomic E-state index is 12.2. The second kappa shape index (κ2) is 6.49. The molecule has 0 amide bonds. The van der Waals surface area contributed by atoms with E-state index in [1.54, 1.807) is 30.2 Å². The van der Waals surface area contributed by atoms with Gasteiger partial charge in [-0.2, -0.15) is 5.10 Å². The molecule has 0 aliphatic rings. The van der Waals surface area contributed by atoms with Gasteiger partial charge in [-0.1, -0.05) is 6.92 Å². The SMILES string of the molecule is CCNCc1csc(S(=O)(=O)NCc2cnn(C)c2)c1. The lowest BCUT2D eigenvalue weighted by Crippen LogP contribution is -2.22. The van der Waals surface area contributed by atoms with E-state index >= 15 is 0 Å². The fourth-order valence-electron chi connectivity index (χ4n) is 1.67. The van der Waals surface area contributed by atoms with Gasteiger partial charge in [-0.3, -0.25) is 4.68 Å². The van der Waals surface area contributed by atoms with Gasteiger partial charge in [-0.25, -0.2) is 13.1 Å². The normalized spacial score (nSPS) is 11.9. The third-order valence-electron chi connectivity index (χ3n) is 2.70. The van der Waals surface area contributed by atoms with E-state index in [1.165, 1.54) is 11.3 Å². The number of nitrogens with zero attached hydrogens (tertiary/aromatic N) is 2. The minimum Gasteiger partial charge on any atom is -0.313 e. The van der Waals surface area contributed by atoms with Crippen LogP contribution in [0.1, 0.15) is 18.1 Å². The molecule has 2 N–H and O–H groups in total. The van der Waals surface area contributed by atoms with Crippen LogP contribution in [-0.4, -0.2) is 24.7 Å². The summed E-state index contributed by atoms with van der Waals surface area (Å²) in [6, 6.07) is 1.71. The molecule has 0 atom stereocenters. The van der Waals surface area contributed by atoms with Crippen molar-refractivity contribution >= 4 is 21.4 Å². The van der Waals surface area contributed by atoms with E-state index in [2.05, 4.69) is 15.1 Å². The predicted molar refractivity (Wildman–Crippen MR) is 78.9 cm³/mol. The van der Waals surface area contributed by atoms with Crippen molar-refractivity contribution in [3.8, 4) is 0 Å². The van der Waals surface area contributed by atoms with Crippen LogP contribution < -0.4 is 10.0 Å². The average Bonchev–Trinajstić information content (AvgIpc) is 3.03. The number of nitrogens with one attached hydrogen (secondary N) is 2. The van der Waals surface area contributed by atoms with E-state index in [1.807, 2.05) is 12.3 Å². The molecule has 2 aromatic heterocycles. The summed E-state index contributed by atoms with van der Waals surface area (Å²) in [5.74, 6) is 0. The Hall–Kier alpha value is -1.22. The van der Waals surface area contributed by atoms with Crippen LogP contribution in [0.2, 0.25) is 0 Å². The van der Waals surface area contributed by atoms with E-state index in [0.717, 1.165) is 17.7 Å². The van der Waals surface area contributed by atoms with E-state index in [9.17, 15) is 8.42 Å². The number of sulfonamides is 1. The van der Waals surface area contributed by atoms with Gasteiger partial charge in [-0.05, 0) is 23.6 Å². The van der Waals surface area contributed by atoms with Crippen LogP contribution in [0.3, 0.4) is 0 Å². The Morgan fingerprint density at radius 1 is 1.35 bits per heavy atom. The maximum atomic E-state index is 12.2. The molecule has 0 bridgehead atoms. The van der Waals surface area contributed by atoms with Crippen molar-refractivity contribution in [2.45, 2.75) is 24.2 Å². The summed E-state index contributed by atoms with van der Waals surface area (Å²) >= 11 is 1.24. The first-order valence-corrected chi connectivity index (χ1v) is 8.63. The molecule has 0 saturated carbocycles. The highest BCUT2D eigenvalue weighted by atomic mass is 32.2. The highest BCUT2D eigenvalue weighted by Crippen LogP contribution is 2.20. The molecule has 0 fully saturated rings. The second-order valence-corrected chi connectivity index (χ2v) is 7.31. The fraction of sp³-hybridized carbons (Fsp3) is 0.417. The third kappa shape index (κ3) is 3.89. The molecule has 0 radical (unpaired) electrons. The lowest BCUT2D eigenvalue weighted by Gasteiger charge is -2.02. The van der Waals surface area contributed by atoms with Gasteiger partial charge < -0.3 is 5.32 Å². The number of rotatable bonds is 7. The largest absolute Gasteiger partial charge is 0.313 e. The van der Waals surface area contributed by atoms with Gasteiger partial charge in [0, 0.05) is 31.9 Å². The third-order valence-corrected chi connectivity index (χ3v) is 5.59. The quantitative estimate of drug-likeness (QED) is 0.801. The van der Waals surface area contributed by atoms with Gasteiger partial charge in [0.25, 0.3) is 0 Å². The molecule has 0 spiro atoms. The summed E-state index contributed by atoms with van der Waals surface area (Å²) in [4.78, 5) is 0. The smallest absolute Gasteiger partial charge is 0.250 e. The van der Waals surface area contributed by atoms with E-state index < -0.39 is 10.0 Å². The van der Waals surface area contributed by atoms with E-state index in [-0.39, 0.29) is 6.54 Å². The van der Waals surface area contributed by atoms with Crippen molar-refractivity contribution in [2.75, 3.05) is 6.54 Å². The Labute approximate surface area is 122 Å². The minimum absolute atomic E-state index is 0.247. The number of aryl methyl sites for hydroxylation is 1. The van der Waals surface area contributed by atoms with Gasteiger partial charge in [0.2, 0.25) is 10.0 Å². The van der Waals surface area contributed by atoms with Gasteiger partial charge in [0.15, 0.2) is 0 Å². The Balaban J connectivity index is 2.00. The molecule has 0 unspecified atom stereocenters. The van der Waals surface area contributed by atoms with Crippen LogP contribution in [0.5, 0.6) is 0 Å². The maximum Gasteiger partial charge on any atom is 0.250 e. The number of hydrogen-bond donors (Lipinski definition) is 2. The van der Waals surface area contributed by atoms with Crippen LogP contribution in [0.15, 0.2) is 28.0 Å².